The summed E-state index contributed by atoms with van der Waals surface area (Å²) in [4.78, 5) is 1.14. The van der Waals surface area contributed by atoms with E-state index in [1.807, 2.05) is 12.1 Å². The van der Waals surface area contributed by atoms with Gasteiger partial charge in [0.15, 0.2) is 6.17 Å². The number of aliphatic hydroxyl groups excluding tert-OH is 3. The van der Waals surface area contributed by atoms with Gasteiger partial charge in [0.05, 0.1) is 6.61 Å². The third kappa shape index (κ3) is 3.68. The van der Waals surface area contributed by atoms with E-state index in [2.05, 4.69) is 18.2 Å². The number of alkyl halides is 1. The van der Waals surface area contributed by atoms with E-state index >= 15 is 0 Å². The number of hydrogen-bond acceptors (Lipinski definition) is 5. The first kappa shape index (κ1) is 19.8. The summed E-state index contributed by atoms with van der Waals surface area (Å²) in [5.74, 6) is 0. The molecule has 0 spiro atoms. The SMILES string of the molecule is OCC1OC(c2ccc(Cl)c(Cc3cc4ccccc4s3)c2)C(O)C(O)C1F. The number of aliphatic hydroxyl groups is 3. The van der Waals surface area contributed by atoms with Gasteiger partial charge < -0.3 is 20.1 Å². The standard InChI is InChI=1S/C21H20ClFO4S/c22-15-6-5-12(21-20(26)19(25)18(23)16(10-24)27-21)7-13(15)9-14-8-11-3-1-2-4-17(11)28-14/h1-8,16,18-21,24-26H,9-10H2. The maximum atomic E-state index is 14.0. The van der Waals surface area contributed by atoms with Crippen molar-refractivity contribution >= 4 is 33.0 Å². The van der Waals surface area contributed by atoms with Crippen LogP contribution in [0.4, 0.5) is 4.39 Å². The molecule has 1 fully saturated rings. The molecule has 4 rings (SSSR count). The van der Waals surface area contributed by atoms with Crippen LogP contribution in [0, 0.1) is 0 Å². The first-order chi connectivity index (χ1) is 13.5. The van der Waals surface area contributed by atoms with E-state index < -0.39 is 37.2 Å². The Morgan fingerprint density at radius 3 is 2.61 bits per heavy atom. The lowest BCUT2D eigenvalue weighted by Gasteiger charge is -2.39. The van der Waals surface area contributed by atoms with Gasteiger partial charge in [0.25, 0.3) is 0 Å². The molecule has 5 unspecified atom stereocenters. The fourth-order valence-electron chi connectivity index (χ4n) is 3.57. The minimum absolute atomic E-state index is 0.578. The molecule has 4 nitrogen and oxygen atoms in total. The van der Waals surface area contributed by atoms with Crippen LogP contribution < -0.4 is 0 Å². The van der Waals surface area contributed by atoms with Crippen LogP contribution in [-0.2, 0) is 11.2 Å². The molecule has 0 amide bonds. The highest BCUT2D eigenvalue weighted by molar-refractivity contribution is 7.19. The number of ether oxygens (including phenoxy) is 1. The zero-order valence-corrected chi connectivity index (χ0v) is 16.4. The second kappa shape index (κ2) is 8.06. The molecule has 148 valence electrons. The molecule has 3 N–H and O–H groups in total. The molecule has 0 aliphatic carbocycles. The molecule has 7 heteroatoms. The Morgan fingerprint density at radius 2 is 1.86 bits per heavy atom. The van der Waals surface area contributed by atoms with Crippen molar-refractivity contribution in [3.05, 3.63) is 69.6 Å². The number of hydrogen-bond donors (Lipinski definition) is 3. The zero-order chi connectivity index (χ0) is 19.8. The van der Waals surface area contributed by atoms with Crippen LogP contribution >= 0.6 is 22.9 Å². The lowest BCUT2D eigenvalue weighted by Crippen LogP contribution is -2.53. The molecular weight excluding hydrogens is 403 g/mol. The van der Waals surface area contributed by atoms with Gasteiger partial charge in [-0.05, 0) is 34.7 Å². The van der Waals surface area contributed by atoms with Crippen LogP contribution in [0.5, 0.6) is 0 Å². The molecule has 0 radical (unpaired) electrons. The Hall–Kier alpha value is -1.54. The molecule has 2 aromatic carbocycles. The first-order valence-electron chi connectivity index (χ1n) is 9.00. The van der Waals surface area contributed by atoms with Gasteiger partial charge >= 0.3 is 0 Å². The van der Waals surface area contributed by atoms with Crippen molar-refractivity contribution in [3.63, 3.8) is 0 Å². The first-order valence-corrected chi connectivity index (χ1v) is 10.2. The topological polar surface area (TPSA) is 69.9 Å². The largest absolute Gasteiger partial charge is 0.394 e. The summed E-state index contributed by atoms with van der Waals surface area (Å²) < 4.78 is 20.7. The van der Waals surface area contributed by atoms with Gasteiger partial charge in [-0.25, -0.2) is 4.39 Å². The van der Waals surface area contributed by atoms with E-state index in [0.717, 1.165) is 10.4 Å². The Bertz CT molecular complexity index is 943. The number of benzene rings is 2. The number of rotatable bonds is 4. The number of fused-ring (bicyclic) bond motifs is 1. The van der Waals surface area contributed by atoms with Crippen LogP contribution in [0.15, 0.2) is 48.5 Å². The molecule has 1 aliphatic rings. The summed E-state index contributed by atoms with van der Waals surface area (Å²) in [6.07, 6.45) is -6.44. The summed E-state index contributed by atoms with van der Waals surface area (Å²) >= 11 is 8.07. The average Bonchev–Trinajstić information content (AvgIpc) is 3.11. The van der Waals surface area contributed by atoms with Gasteiger partial charge in [0.2, 0.25) is 0 Å². The van der Waals surface area contributed by atoms with Crippen LogP contribution in [0.2, 0.25) is 5.02 Å². The maximum Gasteiger partial charge on any atom is 0.157 e. The van der Waals surface area contributed by atoms with Crippen molar-refractivity contribution in [3.8, 4) is 0 Å². The Morgan fingerprint density at radius 1 is 1.07 bits per heavy atom. The van der Waals surface area contributed by atoms with Crippen LogP contribution in [-0.4, -0.2) is 46.4 Å². The number of thiophene rings is 1. The predicted molar refractivity (Wildman–Crippen MR) is 108 cm³/mol. The summed E-state index contributed by atoms with van der Waals surface area (Å²) in [5, 5.41) is 31.3. The summed E-state index contributed by atoms with van der Waals surface area (Å²) in [6.45, 7) is -0.580. The van der Waals surface area contributed by atoms with E-state index in [4.69, 9.17) is 16.3 Å². The molecule has 3 aromatic rings. The van der Waals surface area contributed by atoms with Gasteiger partial charge in [0, 0.05) is 21.0 Å². The summed E-state index contributed by atoms with van der Waals surface area (Å²) in [7, 11) is 0. The van der Waals surface area contributed by atoms with E-state index in [1.165, 1.54) is 10.1 Å². The van der Waals surface area contributed by atoms with Crippen LogP contribution in [0.3, 0.4) is 0 Å². The molecule has 1 aromatic heterocycles. The third-order valence-electron chi connectivity index (χ3n) is 5.08. The lowest BCUT2D eigenvalue weighted by molar-refractivity contribution is -0.214. The molecule has 1 aliphatic heterocycles. The van der Waals surface area contributed by atoms with E-state index in [0.29, 0.717) is 17.0 Å². The van der Waals surface area contributed by atoms with Crippen molar-refractivity contribution in [1.82, 2.24) is 0 Å². The average molecular weight is 423 g/mol. The molecule has 2 heterocycles. The van der Waals surface area contributed by atoms with Gasteiger partial charge in [-0.15, -0.1) is 11.3 Å². The van der Waals surface area contributed by atoms with Gasteiger partial charge in [-0.2, -0.15) is 0 Å². The predicted octanol–water partition coefficient (Wildman–Crippen LogP) is 3.64. The molecule has 0 bridgehead atoms. The fraction of sp³-hybridized carbons (Fsp3) is 0.333. The Balaban J connectivity index is 1.63. The van der Waals surface area contributed by atoms with Crippen molar-refractivity contribution in [2.75, 3.05) is 6.61 Å². The molecule has 0 saturated carbocycles. The van der Waals surface area contributed by atoms with Crippen LogP contribution in [0.1, 0.15) is 22.1 Å². The zero-order valence-electron chi connectivity index (χ0n) is 14.8. The normalized spacial score (nSPS) is 28.0. The van der Waals surface area contributed by atoms with Crippen molar-refractivity contribution < 1.29 is 24.4 Å². The van der Waals surface area contributed by atoms with E-state index in [-0.39, 0.29) is 0 Å². The lowest BCUT2D eigenvalue weighted by atomic mass is 9.91. The minimum Gasteiger partial charge on any atom is -0.394 e. The third-order valence-corrected chi connectivity index (χ3v) is 6.57. The second-order valence-corrected chi connectivity index (χ2v) is 8.56. The highest BCUT2D eigenvalue weighted by Gasteiger charge is 2.45. The van der Waals surface area contributed by atoms with Crippen LogP contribution in [0.25, 0.3) is 10.1 Å². The summed E-state index contributed by atoms with van der Waals surface area (Å²) in [6, 6.07) is 15.4. The van der Waals surface area contributed by atoms with E-state index in [9.17, 15) is 19.7 Å². The fourth-order valence-corrected chi connectivity index (χ4v) is 4.84. The number of halogens is 2. The van der Waals surface area contributed by atoms with Crippen molar-refractivity contribution in [2.45, 2.75) is 37.0 Å². The van der Waals surface area contributed by atoms with E-state index in [1.54, 1.807) is 29.5 Å². The van der Waals surface area contributed by atoms with Gasteiger partial charge in [-0.1, -0.05) is 41.9 Å². The highest BCUT2D eigenvalue weighted by Crippen LogP contribution is 2.36. The molecule has 5 atom stereocenters. The molecule has 1 saturated heterocycles. The molecule has 28 heavy (non-hydrogen) atoms. The highest BCUT2D eigenvalue weighted by atomic mass is 35.5. The Kier molecular flexibility index (Phi) is 5.69. The van der Waals surface area contributed by atoms with Crippen molar-refractivity contribution in [2.24, 2.45) is 0 Å². The quantitative estimate of drug-likeness (QED) is 0.600. The monoisotopic (exact) mass is 422 g/mol. The minimum atomic E-state index is -1.85. The summed E-state index contributed by atoms with van der Waals surface area (Å²) in [5.41, 5.74) is 1.43. The molecular formula is C21H20ClFO4S. The smallest absolute Gasteiger partial charge is 0.157 e. The van der Waals surface area contributed by atoms with Gasteiger partial charge in [-0.3, -0.25) is 0 Å². The van der Waals surface area contributed by atoms with Gasteiger partial charge in [0.1, 0.15) is 24.4 Å². The van der Waals surface area contributed by atoms with Crippen molar-refractivity contribution in [1.29, 1.82) is 0 Å². The second-order valence-electron chi connectivity index (χ2n) is 6.98. The maximum absolute atomic E-state index is 14.0. The Labute approximate surface area is 170 Å².